The molecule has 3 heteroatoms. The van der Waals surface area contributed by atoms with Crippen LogP contribution in [0.2, 0.25) is 0 Å². The van der Waals surface area contributed by atoms with Crippen molar-refractivity contribution in [1.82, 2.24) is 0 Å². The van der Waals surface area contributed by atoms with Crippen LogP contribution in [0.1, 0.15) is 11.1 Å². The highest BCUT2D eigenvalue weighted by molar-refractivity contribution is 6.17. The summed E-state index contributed by atoms with van der Waals surface area (Å²) in [6, 6.07) is 6.14. The van der Waals surface area contributed by atoms with E-state index in [1.165, 1.54) is 5.56 Å². The zero-order valence-electron chi connectivity index (χ0n) is 9.25. The first-order valence-corrected chi connectivity index (χ1v) is 5.61. The van der Waals surface area contributed by atoms with Crippen LogP contribution in [0.15, 0.2) is 18.2 Å². The van der Waals surface area contributed by atoms with Gasteiger partial charge in [-0.2, -0.15) is 0 Å². The van der Waals surface area contributed by atoms with Crippen molar-refractivity contribution in [1.29, 1.82) is 0 Å². The van der Waals surface area contributed by atoms with Crippen molar-refractivity contribution in [3.63, 3.8) is 0 Å². The van der Waals surface area contributed by atoms with Gasteiger partial charge in [0.05, 0.1) is 13.2 Å². The fraction of sp³-hybridized carbons (Fsp3) is 0.500. The first kappa shape index (κ1) is 12.3. The summed E-state index contributed by atoms with van der Waals surface area (Å²) < 4.78 is 10.8. The van der Waals surface area contributed by atoms with Crippen molar-refractivity contribution in [3.05, 3.63) is 29.3 Å². The molecule has 1 aromatic rings. The summed E-state index contributed by atoms with van der Waals surface area (Å²) in [7, 11) is 0. The summed E-state index contributed by atoms with van der Waals surface area (Å²) in [4.78, 5) is 0. The van der Waals surface area contributed by atoms with Crippen molar-refractivity contribution in [2.75, 3.05) is 25.7 Å². The molecule has 0 N–H and O–H groups in total. The van der Waals surface area contributed by atoms with E-state index in [9.17, 15) is 0 Å². The van der Waals surface area contributed by atoms with Crippen molar-refractivity contribution < 1.29 is 9.47 Å². The molecule has 0 spiro atoms. The van der Waals surface area contributed by atoms with Gasteiger partial charge in [-0.05, 0) is 25.5 Å². The van der Waals surface area contributed by atoms with Crippen molar-refractivity contribution in [2.45, 2.75) is 13.8 Å². The van der Waals surface area contributed by atoms with Gasteiger partial charge in [0.15, 0.2) is 0 Å². The van der Waals surface area contributed by atoms with Crippen LogP contribution in [0.3, 0.4) is 0 Å². The topological polar surface area (TPSA) is 18.5 Å². The Morgan fingerprint density at radius 3 is 2.60 bits per heavy atom. The van der Waals surface area contributed by atoms with Crippen LogP contribution in [-0.4, -0.2) is 25.7 Å². The molecular formula is C12H17ClO2. The Kier molecular flexibility index (Phi) is 5.51. The molecule has 0 atom stereocenters. The minimum Gasteiger partial charge on any atom is -0.491 e. The van der Waals surface area contributed by atoms with E-state index >= 15 is 0 Å². The molecule has 84 valence electrons. The third kappa shape index (κ3) is 4.54. The Bertz CT molecular complexity index is 300. The summed E-state index contributed by atoms with van der Waals surface area (Å²) in [6.45, 7) is 5.85. The molecule has 2 nitrogen and oxygen atoms in total. The highest BCUT2D eigenvalue weighted by Gasteiger charge is 1.98. The van der Waals surface area contributed by atoms with Crippen LogP contribution < -0.4 is 4.74 Å². The fourth-order valence-electron chi connectivity index (χ4n) is 1.33. The maximum atomic E-state index is 5.57. The van der Waals surface area contributed by atoms with E-state index in [4.69, 9.17) is 21.1 Å². The molecule has 1 rings (SSSR count). The SMILES string of the molecule is Cc1ccc(OCCOCCCl)c(C)c1. The van der Waals surface area contributed by atoms with E-state index in [1.807, 2.05) is 19.1 Å². The van der Waals surface area contributed by atoms with Gasteiger partial charge >= 0.3 is 0 Å². The van der Waals surface area contributed by atoms with Gasteiger partial charge in [0.25, 0.3) is 0 Å². The molecule has 0 saturated heterocycles. The highest BCUT2D eigenvalue weighted by Crippen LogP contribution is 2.18. The number of alkyl halides is 1. The van der Waals surface area contributed by atoms with Gasteiger partial charge in [0, 0.05) is 5.88 Å². The number of benzene rings is 1. The molecule has 0 saturated carbocycles. The first-order chi connectivity index (χ1) is 7.24. The van der Waals surface area contributed by atoms with Crippen LogP contribution in [0.4, 0.5) is 0 Å². The van der Waals surface area contributed by atoms with Gasteiger partial charge in [-0.15, -0.1) is 11.6 Å². The lowest BCUT2D eigenvalue weighted by Crippen LogP contribution is -2.08. The molecule has 0 unspecified atom stereocenters. The van der Waals surface area contributed by atoms with E-state index in [-0.39, 0.29) is 0 Å². The molecule has 1 aromatic carbocycles. The molecular weight excluding hydrogens is 212 g/mol. The molecule has 0 bridgehead atoms. The lowest BCUT2D eigenvalue weighted by molar-refractivity contribution is 0.111. The molecule has 0 amide bonds. The van der Waals surface area contributed by atoms with E-state index in [2.05, 4.69) is 13.0 Å². The summed E-state index contributed by atoms with van der Waals surface area (Å²) in [5.74, 6) is 1.46. The van der Waals surface area contributed by atoms with Gasteiger partial charge < -0.3 is 9.47 Å². The van der Waals surface area contributed by atoms with Crippen LogP contribution in [0.25, 0.3) is 0 Å². The van der Waals surface area contributed by atoms with E-state index in [0.29, 0.717) is 25.7 Å². The quantitative estimate of drug-likeness (QED) is 0.551. The Hall–Kier alpha value is -0.730. The summed E-state index contributed by atoms with van der Waals surface area (Å²) >= 11 is 5.47. The zero-order chi connectivity index (χ0) is 11.1. The summed E-state index contributed by atoms with van der Waals surface area (Å²) in [6.07, 6.45) is 0. The van der Waals surface area contributed by atoms with Crippen LogP contribution in [0, 0.1) is 13.8 Å². The standard InChI is InChI=1S/C12H17ClO2/c1-10-3-4-12(11(2)9-10)15-8-7-14-6-5-13/h3-4,9H,5-8H2,1-2H3. The lowest BCUT2D eigenvalue weighted by Gasteiger charge is -2.09. The molecule has 0 aliphatic carbocycles. The summed E-state index contributed by atoms with van der Waals surface area (Å²) in [5.41, 5.74) is 2.41. The second-order valence-electron chi connectivity index (χ2n) is 3.42. The van der Waals surface area contributed by atoms with E-state index in [1.54, 1.807) is 0 Å². The number of aryl methyl sites for hydroxylation is 2. The predicted molar refractivity (Wildman–Crippen MR) is 63.0 cm³/mol. The minimum atomic E-state index is 0.531. The average molecular weight is 229 g/mol. The molecule has 0 radical (unpaired) electrons. The number of hydrogen-bond donors (Lipinski definition) is 0. The van der Waals surface area contributed by atoms with Gasteiger partial charge in [-0.3, -0.25) is 0 Å². The monoisotopic (exact) mass is 228 g/mol. The Morgan fingerprint density at radius 1 is 1.13 bits per heavy atom. The number of ether oxygens (including phenoxy) is 2. The van der Waals surface area contributed by atoms with Crippen molar-refractivity contribution in [2.24, 2.45) is 0 Å². The predicted octanol–water partition coefficient (Wildman–Crippen LogP) is 2.94. The Labute approximate surface area is 96.2 Å². The molecule has 0 aliphatic heterocycles. The third-order valence-electron chi connectivity index (χ3n) is 2.04. The smallest absolute Gasteiger partial charge is 0.122 e. The van der Waals surface area contributed by atoms with Crippen LogP contribution >= 0.6 is 11.6 Å². The third-order valence-corrected chi connectivity index (χ3v) is 2.19. The van der Waals surface area contributed by atoms with Gasteiger partial charge in [-0.1, -0.05) is 17.7 Å². The number of hydrogen-bond acceptors (Lipinski definition) is 2. The van der Waals surface area contributed by atoms with Crippen LogP contribution in [0.5, 0.6) is 5.75 Å². The second kappa shape index (κ2) is 6.70. The van der Waals surface area contributed by atoms with Crippen molar-refractivity contribution in [3.8, 4) is 5.75 Å². The van der Waals surface area contributed by atoms with E-state index in [0.717, 1.165) is 11.3 Å². The lowest BCUT2D eigenvalue weighted by atomic mass is 10.1. The zero-order valence-corrected chi connectivity index (χ0v) is 10.0. The Balaban J connectivity index is 2.31. The summed E-state index contributed by atoms with van der Waals surface area (Å²) in [5, 5.41) is 0. The fourth-order valence-corrected chi connectivity index (χ4v) is 1.44. The number of halogens is 1. The maximum Gasteiger partial charge on any atom is 0.122 e. The maximum absolute atomic E-state index is 5.57. The minimum absolute atomic E-state index is 0.531. The van der Waals surface area contributed by atoms with Gasteiger partial charge in [-0.25, -0.2) is 0 Å². The van der Waals surface area contributed by atoms with Gasteiger partial charge in [0.2, 0.25) is 0 Å². The van der Waals surface area contributed by atoms with Crippen molar-refractivity contribution >= 4 is 11.6 Å². The molecule has 0 aliphatic rings. The first-order valence-electron chi connectivity index (χ1n) is 5.08. The van der Waals surface area contributed by atoms with Crippen LogP contribution in [-0.2, 0) is 4.74 Å². The van der Waals surface area contributed by atoms with E-state index < -0.39 is 0 Å². The van der Waals surface area contributed by atoms with Gasteiger partial charge in [0.1, 0.15) is 12.4 Å². The molecule has 15 heavy (non-hydrogen) atoms. The molecule has 0 fully saturated rings. The largest absolute Gasteiger partial charge is 0.491 e. The molecule has 0 heterocycles. The number of rotatable bonds is 6. The normalized spacial score (nSPS) is 10.3. The Morgan fingerprint density at radius 2 is 1.93 bits per heavy atom. The second-order valence-corrected chi connectivity index (χ2v) is 3.80. The average Bonchev–Trinajstić information content (AvgIpc) is 2.20. The molecule has 0 aromatic heterocycles. The highest BCUT2D eigenvalue weighted by atomic mass is 35.5.